The summed E-state index contributed by atoms with van der Waals surface area (Å²) in [6.07, 6.45) is -0.0510. The van der Waals surface area contributed by atoms with Gasteiger partial charge in [0.25, 0.3) is 0 Å². The zero-order valence-corrected chi connectivity index (χ0v) is 14.3. The second-order valence-electron chi connectivity index (χ2n) is 7.11. The molecule has 22 heavy (non-hydrogen) atoms. The summed E-state index contributed by atoms with van der Waals surface area (Å²) < 4.78 is 10.2. The fourth-order valence-electron chi connectivity index (χ4n) is 2.44. The lowest BCUT2D eigenvalue weighted by Gasteiger charge is -2.37. The number of esters is 1. The third-order valence-electron chi connectivity index (χ3n) is 3.49. The van der Waals surface area contributed by atoms with Crippen molar-refractivity contribution in [2.45, 2.75) is 66.0 Å². The second-order valence-corrected chi connectivity index (χ2v) is 7.11. The number of carbonyl (C=O) groups is 3. The Bertz CT molecular complexity index is 438. The Kier molecular flexibility index (Phi) is 5.97. The van der Waals surface area contributed by atoms with Crippen LogP contribution < -0.4 is 0 Å². The third-order valence-corrected chi connectivity index (χ3v) is 3.49. The molecule has 1 heterocycles. The van der Waals surface area contributed by atoms with Gasteiger partial charge in [-0.15, -0.1) is 0 Å². The van der Waals surface area contributed by atoms with E-state index >= 15 is 0 Å². The number of amides is 2. The van der Waals surface area contributed by atoms with E-state index in [4.69, 9.17) is 9.47 Å². The monoisotopic (exact) mass is 313 g/mol. The van der Waals surface area contributed by atoms with Crippen molar-refractivity contribution in [1.82, 2.24) is 4.90 Å². The summed E-state index contributed by atoms with van der Waals surface area (Å²) in [5, 5.41) is 0. The average molecular weight is 313 g/mol. The molecule has 0 N–H and O–H groups in total. The molecule has 2 atom stereocenters. The van der Waals surface area contributed by atoms with Crippen LogP contribution in [0.2, 0.25) is 0 Å². The molecule has 6 nitrogen and oxygen atoms in total. The molecule has 1 aliphatic heterocycles. The van der Waals surface area contributed by atoms with Crippen LogP contribution in [0.5, 0.6) is 0 Å². The van der Waals surface area contributed by atoms with Crippen LogP contribution in [0.4, 0.5) is 4.79 Å². The molecular formula is C16H27NO5. The number of carbonyl (C=O) groups excluding carboxylic acids is 3. The minimum absolute atomic E-state index is 0.0509. The molecule has 0 unspecified atom stereocenters. The molecule has 2 amide bonds. The molecule has 0 bridgehead atoms. The lowest BCUT2D eigenvalue weighted by molar-refractivity contribution is -0.158. The van der Waals surface area contributed by atoms with Crippen LogP contribution in [0.1, 0.15) is 54.4 Å². The predicted octanol–water partition coefficient (Wildman–Crippen LogP) is 2.75. The quantitative estimate of drug-likeness (QED) is 0.746. The molecule has 0 aliphatic carbocycles. The van der Waals surface area contributed by atoms with Gasteiger partial charge in [-0.2, -0.15) is 0 Å². The number of nitrogens with zero attached hydrogens (tertiary/aromatic N) is 1. The topological polar surface area (TPSA) is 72.9 Å². The summed E-state index contributed by atoms with van der Waals surface area (Å²) in [4.78, 5) is 37.5. The van der Waals surface area contributed by atoms with E-state index in [0.717, 1.165) is 0 Å². The van der Waals surface area contributed by atoms with Crippen molar-refractivity contribution in [2.75, 3.05) is 6.61 Å². The molecule has 0 aromatic rings. The lowest BCUT2D eigenvalue weighted by Crippen LogP contribution is -2.53. The molecule has 0 saturated carbocycles. The van der Waals surface area contributed by atoms with Crippen LogP contribution in [0.15, 0.2) is 0 Å². The van der Waals surface area contributed by atoms with Crippen LogP contribution in [-0.4, -0.2) is 41.1 Å². The number of rotatable bonds is 4. The van der Waals surface area contributed by atoms with Gasteiger partial charge in [0.2, 0.25) is 5.91 Å². The van der Waals surface area contributed by atoms with E-state index in [1.807, 2.05) is 13.8 Å². The molecule has 0 radical (unpaired) electrons. The maximum atomic E-state index is 12.5. The van der Waals surface area contributed by atoms with Crippen LogP contribution >= 0.6 is 0 Å². The first-order valence-corrected chi connectivity index (χ1v) is 7.74. The van der Waals surface area contributed by atoms with Crippen molar-refractivity contribution >= 4 is 18.0 Å². The maximum Gasteiger partial charge on any atom is 0.416 e. The number of hydrogen-bond donors (Lipinski definition) is 0. The van der Waals surface area contributed by atoms with Gasteiger partial charge in [-0.1, -0.05) is 20.8 Å². The summed E-state index contributed by atoms with van der Waals surface area (Å²) in [6, 6.07) is -0.185. The molecule has 1 aliphatic rings. The molecule has 0 spiro atoms. The first-order chi connectivity index (χ1) is 10.0. The smallest absolute Gasteiger partial charge is 0.416 e. The fraction of sp³-hybridized carbons (Fsp3) is 0.812. The van der Waals surface area contributed by atoms with Gasteiger partial charge in [-0.25, -0.2) is 9.69 Å². The van der Waals surface area contributed by atoms with Crippen LogP contribution in [0.3, 0.4) is 0 Å². The standard InChI is InChI=1S/C16H27NO5/c1-10(2)12-7-8-21-15(20)17(12)14(19)11(3)9-13(18)22-16(4,5)6/h10-12H,7-9H2,1-6H3/t11-,12-/m1/s1. The Labute approximate surface area is 132 Å². The largest absolute Gasteiger partial charge is 0.460 e. The van der Waals surface area contributed by atoms with E-state index in [0.29, 0.717) is 13.0 Å². The normalized spacial score (nSPS) is 20.6. The molecule has 0 aromatic heterocycles. The van der Waals surface area contributed by atoms with Crippen molar-refractivity contribution < 1.29 is 23.9 Å². The van der Waals surface area contributed by atoms with Crippen LogP contribution in [-0.2, 0) is 19.1 Å². The van der Waals surface area contributed by atoms with E-state index in [1.165, 1.54) is 4.90 Å². The predicted molar refractivity (Wildman–Crippen MR) is 81.1 cm³/mol. The molecular weight excluding hydrogens is 286 g/mol. The molecule has 6 heteroatoms. The number of hydrogen-bond acceptors (Lipinski definition) is 5. The van der Waals surface area contributed by atoms with Gasteiger partial charge in [0.15, 0.2) is 0 Å². The summed E-state index contributed by atoms with van der Waals surface area (Å²) >= 11 is 0. The van der Waals surface area contributed by atoms with Gasteiger partial charge in [0, 0.05) is 18.4 Å². The van der Waals surface area contributed by atoms with E-state index in [9.17, 15) is 14.4 Å². The van der Waals surface area contributed by atoms with Crippen molar-refractivity contribution in [3.05, 3.63) is 0 Å². The lowest BCUT2D eigenvalue weighted by atomic mass is 9.96. The Hall–Kier alpha value is -1.59. The number of cyclic esters (lactones) is 1. The Morgan fingerprint density at radius 2 is 1.91 bits per heavy atom. The van der Waals surface area contributed by atoms with Gasteiger partial charge in [0.05, 0.1) is 13.0 Å². The molecule has 126 valence electrons. The molecule has 1 rings (SSSR count). The van der Waals surface area contributed by atoms with Gasteiger partial charge >= 0.3 is 12.1 Å². The van der Waals surface area contributed by atoms with Crippen molar-refractivity contribution in [3.8, 4) is 0 Å². The summed E-state index contributed by atoms with van der Waals surface area (Å²) in [5.41, 5.74) is -0.593. The highest BCUT2D eigenvalue weighted by Gasteiger charge is 2.39. The van der Waals surface area contributed by atoms with E-state index < -0.39 is 23.6 Å². The van der Waals surface area contributed by atoms with Crippen molar-refractivity contribution in [1.29, 1.82) is 0 Å². The van der Waals surface area contributed by atoms with Gasteiger partial charge in [-0.3, -0.25) is 9.59 Å². The number of ether oxygens (including phenoxy) is 2. The van der Waals surface area contributed by atoms with E-state index in [1.54, 1.807) is 27.7 Å². The Balaban J connectivity index is 2.75. The maximum absolute atomic E-state index is 12.5. The van der Waals surface area contributed by atoms with Crippen molar-refractivity contribution in [2.24, 2.45) is 11.8 Å². The molecule has 0 aromatic carbocycles. The van der Waals surface area contributed by atoms with Gasteiger partial charge < -0.3 is 9.47 Å². The zero-order chi connectivity index (χ0) is 17.1. The highest BCUT2D eigenvalue weighted by molar-refractivity contribution is 5.95. The Morgan fingerprint density at radius 3 is 2.41 bits per heavy atom. The molecule has 1 fully saturated rings. The summed E-state index contributed by atoms with van der Waals surface area (Å²) in [6.45, 7) is 11.2. The van der Waals surface area contributed by atoms with E-state index in [-0.39, 0.29) is 24.3 Å². The highest BCUT2D eigenvalue weighted by atomic mass is 16.6. The van der Waals surface area contributed by atoms with Crippen LogP contribution in [0.25, 0.3) is 0 Å². The second kappa shape index (κ2) is 7.11. The highest BCUT2D eigenvalue weighted by Crippen LogP contribution is 2.24. The average Bonchev–Trinajstić information content (AvgIpc) is 2.34. The summed E-state index contributed by atoms with van der Waals surface area (Å²) in [5.74, 6) is -1.30. The van der Waals surface area contributed by atoms with Gasteiger partial charge in [0.1, 0.15) is 5.60 Å². The first-order valence-electron chi connectivity index (χ1n) is 7.74. The SMILES string of the molecule is CC(C)[C@H]1CCOC(=O)N1C(=O)[C@H](C)CC(=O)OC(C)(C)C. The zero-order valence-electron chi connectivity index (χ0n) is 14.3. The molecule has 1 saturated heterocycles. The van der Waals surface area contributed by atoms with Crippen LogP contribution in [0, 0.1) is 11.8 Å². The fourth-order valence-corrected chi connectivity index (χ4v) is 2.44. The first kappa shape index (κ1) is 18.5. The van der Waals surface area contributed by atoms with E-state index in [2.05, 4.69) is 0 Å². The third kappa shape index (κ3) is 5.00. The summed E-state index contributed by atoms with van der Waals surface area (Å²) in [7, 11) is 0. The minimum atomic E-state index is -0.623. The van der Waals surface area contributed by atoms with Gasteiger partial charge in [-0.05, 0) is 26.7 Å². The Morgan fingerprint density at radius 1 is 1.32 bits per heavy atom. The van der Waals surface area contributed by atoms with Crippen molar-refractivity contribution in [3.63, 3.8) is 0 Å². The minimum Gasteiger partial charge on any atom is -0.460 e. The number of imide groups is 1.